The summed E-state index contributed by atoms with van der Waals surface area (Å²) in [6.07, 6.45) is 0. The van der Waals surface area contributed by atoms with Gasteiger partial charge in [-0.15, -0.1) is 5.10 Å². The fraction of sp³-hybridized carbons (Fsp3) is 0.176. The summed E-state index contributed by atoms with van der Waals surface area (Å²) < 4.78 is 10.8. The molecule has 1 N–H and O–H groups in total. The largest absolute Gasteiger partial charge is 0.497 e. The normalized spacial score (nSPS) is 10.5. The number of H-pyrrole nitrogens is 1. The van der Waals surface area contributed by atoms with Gasteiger partial charge in [-0.3, -0.25) is 5.10 Å². The SMILES string of the molecule is COc1ccc(-c2nc(SCCOc3ccccc3)n[nH]2)cc1. The molecule has 0 atom stereocenters. The van der Waals surface area contributed by atoms with Gasteiger partial charge < -0.3 is 9.47 Å². The Balaban J connectivity index is 1.51. The van der Waals surface area contributed by atoms with E-state index in [0.717, 1.165) is 28.6 Å². The zero-order chi connectivity index (χ0) is 15.9. The van der Waals surface area contributed by atoms with E-state index >= 15 is 0 Å². The van der Waals surface area contributed by atoms with E-state index in [1.165, 1.54) is 0 Å². The van der Waals surface area contributed by atoms with Gasteiger partial charge >= 0.3 is 0 Å². The van der Waals surface area contributed by atoms with Crippen LogP contribution in [0.4, 0.5) is 0 Å². The maximum absolute atomic E-state index is 5.64. The van der Waals surface area contributed by atoms with E-state index in [-0.39, 0.29) is 0 Å². The van der Waals surface area contributed by atoms with E-state index in [4.69, 9.17) is 9.47 Å². The van der Waals surface area contributed by atoms with E-state index < -0.39 is 0 Å². The molecule has 2 aromatic carbocycles. The number of para-hydroxylation sites is 1. The molecule has 0 aliphatic rings. The summed E-state index contributed by atoms with van der Waals surface area (Å²) in [5.41, 5.74) is 0.977. The zero-order valence-electron chi connectivity index (χ0n) is 12.7. The van der Waals surface area contributed by atoms with E-state index in [9.17, 15) is 0 Å². The number of aromatic amines is 1. The third-order valence-electron chi connectivity index (χ3n) is 3.15. The quantitative estimate of drug-likeness (QED) is 0.530. The van der Waals surface area contributed by atoms with Crippen LogP contribution in [0.1, 0.15) is 0 Å². The Kier molecular flexibility index (Phi) is 5.16. The average Bonchev–Trinajstić information content (AvgIpc) is 3.09. The maximum Gasteiger partial charge on any atom is 0.208 e. The zero-order valence-corrected chi connectivity index (χ0v) is 13.5. The maximum atomic E-state index is 5.64. The standard InChI is InChI=1S/C17H17N3O2S/c1-21-14-9-7-13(8-10-14)16-18-17(20-19-16)23-12-11-22-15-5-3-2-4-6-15/h2-10H,11-12H2,1H3,(H,18,19,20). The molecule has 0 radical (unpaired) electrons. The van der Waals surface area contributed by atoms with Gasteiger partial charge in [-0.1, -0.05) is 30.0 Å². The molecule has 0 aliphatic heterocycles. The minimum atomic E-state index is 0.612. The van der Waals surface area contributed by atoms with Crippen molar-refractivity contribution in [2.45, 2.75) is 5.16 Å². The number of nitrogens with zero attached hydrogens (tertiary/aromatic N) is 2. The van der Waals surface area contributed by atoms with Gasteiger partial charge in [-0.2, -0.15) is 0 Å². The van der Waals surface area contributed by atoms with Gasteiger partial charge in [-0.25, -0.2) is 4.98 Å². The van der Waals surface area contributed by atoms with E-state index in [0.29, 0.717) is 11.8 Å². The van der Waals surface area contributed by atoms with Gasteiger partial charge in [0.05, 0.1) is 13.7 Å². The molecule has 1 aromatic heterocycles. The lowest BCUT2D eigenvalue weighted by Gasteiger charge is -2.03. The van der Waals surface area contributed by atoms with Crippen molar-refractivity contribution in [1.82, 2.24) is 15.2 Å². The van der Waals surface area contributed by atoms with Crippen molar-refractivity contribution >= 4 is 11.8 Å². The summed E-state index contributed by atoms with van der Waals surface area (Å²) in [6.45, 7) is 0.612. The summed E-state index contributed by atoms with van der Waals surface area (Å²) in [4.78, 5) is 4.48. The predicted molar refractivity (Wildman–Crippen MR) is 91.0 cm³/mol. The molecule has 1 heterocycles. The van der Waals surface area contributed by atoms with Gasteiger partial charge in [0.1, 0.15) is 11.5 Å². The van der Waals surface area contributed by atoms with Crippen molar-refractivity contribution in [2.75, 3.05) is 19.5 Å². The van der Waals surface area contributed by atoms with Gasteiger partial charge in [0.25, 0.3) is 0 Å². The first-order valence-electron chi connectivity index (χ1n) is 7.22. The first-order chi connectivity index (χ1) is 11.3. The van der Waals surface area contributed by atoms with Crippen LogP contribution in [0.2, 0.25) is 0 Å². The Hall–Kier alpha value is -2.47. The molecule has 0 spiro atoms. The van der Waals surface area contributed by atoms with Gasteiger partial charge in [0.2, 0.25) is 5.16 Å². The lowest BCUT2D eigenvalue weighted by Crippen LogP contribution is -2.00. The van der Waals surface area contributed by atoms with Crippen LogP contribution in [0, 0.1) is 0 Å². The summed E-state index contributed by atoms with van der Waals surface area (Å²) in [5.74, 6) is 3.23. The monoisotopic (exact) mass is 327 g/mol. The highest BCUT2D eigenvalue weighted by Crippen LogP contribution is 2.21. The van der Waals surface area contributed by atoms with Crippen LogP contribution in [0.5, 0.6) is 11.5 Å². The lowest BCUT2D eigenvalue weighted by molar-refractivity contribution is 0.344. The van der Waals surface area contributed by atoms with Crippen LogP contribution >= 0.6 is 11.8 Å². The Bertz CT molecular complexity index is 729. The molecule has 0 aliphatic carbocycles. The minimum Gasteiger partial charge on any atom is -0.497 e. The molecule has 0 amide bonds. The molecule has 3 aromatic rings. The number of hydrogen-bond donors (Lipinski definition) is 1. The average molecular weight is 327 g/mol. The number of nitrogens with one attached hydrogen (secondary N) is 1. The molecule has 5 nitrogen and oxygen atoms in total. The summed E-state index contributed by atoms with van der Waals surface area (Å²) in [7, 11) is 1.65. The summed E-state index contributed by atoms with van der Waals surface area (Å²) in [6, 6.07) is 17.5. The molecule has 6 heteroatoms. The van der Waals surface area contributed by atoms with Crippen LogP contribution in [0.3, 0.4) is 0 Å². The van der Waals surface area contributed by atoms with Crippen LogP contribution in [-0.4, -0.2) is 34.7 Å². The molecular weight excluding hydrogens is 310 g/mol. The molecule has 23 heavy (non-hydrogen) atoms. The van der Waals surface area contributed by atoms with Gasteiger partial charge in [0.15, 0.2) is 5.82 Å². The van der Waals surface area contributed by atoms with Crippen molar-refractivity contribution < 1.29 is 9.47 Å². The molecule has 0 saturated carbocycles. The highest BCUT2D eigenvalue weighted by atomic mass is 32.2. The summed E-state index contributed by atoms with van der Waals surface area (Å²) >= 11 is 1.56. The van der Waals surface area contributed by atoms with E-state index in [1.54, 1.807) is 18.9 Å². The number of hydrogen-bond acceptors (Lipinski definition) is 5. The molecule has 0 unspecified atom stereocenters. The minimum absolute atomic E-state index is 0.612. The second kappa shape index (κ2) is 7.69. The predicted octanol–water partition coefficient (Wildman–Crippen LogP) is 3.65. The molecular formula is C17H17N3O2S. The Labute approximate surface area is 139 Å². The number of rotatable bonds is 7. The van der Waals surface area contributed by atoms with Gasteiger partial charge in [0, 0.05) is 11.3 Å². The van der Waals surface area contributed by atoms with Crippen LogP contribution < -0.4 is 9.47 Å². The van der Waals surface area contributed by atoms with E-state index in [2.05, 4.69) is 15.2 Å². The Morgan fingerprint density at radius 2 is 1.78 bits per heavy atom. The fourth-order valence-electron chi connectivity index (χ4n) is 2.00. The Morgan fingerprint density at radius 1 is 1.00 bits per heavy atom. The molecule has 0 saturated heterocycles. The molecule has 118 valence electrons. The number of thioether (sulfide) groups is 1. The van der Waals surface area contributed by atoms with Crippen LogP contribution in [0.25, 0.3) is 11.4 Å². The Morgan fingerprint density at radius 3 is 2.52 bits per heavy atom. The first-order valence-corrected chi connectivity index (χ1v) is 8.21. The highest BCUT2D eigenvalue weighted by molar-refractivity contribution is 7.99. The van der Waals surface area contributed by atoms with Crippen molar-refractivity contribution in [3.05, 3.63) is 54.6 Å². The van der Waals surface area contributed by atoms with Crippen molar-refractivity contribution in [3.8, 4) is 22.9 Å². The second-order valence-corrected chi connectivity index (χ2v) is 5.77. The second-order valence-electron chi connectivity index (χ2n) is 4.71. The van der Waals surface area contributed by atoms with E-state index in [1.807, 2.05) is 54.6 Å². The lowest BCUT2D eigenvalue weighted by atomic mass is 10.2. The van der Waals surface area contributed by atoms with Crippen LogP contribution in [-0.2, 0) is 0 Å². The number of aromatic nitrogens is 3. The smallest absolute Gasteiger partial charge is 0.208 e. The number of benzene rings is 2. The van der Waals surface area contributed by atoms with Crippen molar-refractivity contribution in [3.63, 3.8) is 0 Å². The topological polar surface area (TPSA) is 60.0 Å². The number of ether oxygens (including phenoxy) is 2. The summed E-state index contributed by atoms with van der Waals surface area (Å²) in [5, 5.41) is 7.89. The molecule has 0 fully saturated rings. The third kappa shape index (κ3) is 4.26. The highest BCUT2D eigenvalue weighted by Gasteiger charge is 2.06. The first kappa shape index (κ1) is 15.4. The van der Waals surface area contributed by atoms with Gasteiger partial charge in [-0.05, 0) is 36.4 Å². The van der Waals surface area contributed by atoms with Crippen molar-refractivity contribution in [1.29, 1.82) is 0 Å². The number of methoxy groups -OCH3 is 1. The fourth-order valence-corrected chi connectivity index (χ4v) is 2.61. The van der Waals surface area contributed by atoms with Crippen molar-refractivity contribution in [2.24, 2.45) is 0 Å². The molecule has 3 rings (SSSR count). The molecule has 0 bridgehead atoms. The van der Waals surface area contributed by atoms with Crippen LogP contribution in [0.15, 0.2) is 59.8 Å². The third-order valence-corrected chi connectivity index (χ3v) is 3.97.